The van der Waals surface area contributed by atoms with Crippen molar-refractivity contribution in [2.45, 2.75) is 19.8 Å². The first-order valence-corrected chi connectivity index (χ1v) is 3.38. The summed E-state index contributed by atoms with van der Waals surface area (Å²) in [5, 5.41) is 3.12. The molecule has 0 aromatic rings. The summed E-state index contributed by atoms with van der Waals surface area (Å²) in [6.07, 6.45) is 6.85. The van der Waals surface area contributed by atoms with Gasteiger partial charge in [0.15, 0.2) is 0 Å². The Bertz CT molecular complexity index is 154. The van der Waals surface area contributed by atoms with Gasteiger partial charge in [-0.2, -0.15) is 0 Å². The largest absolute Gasteiger partial charge is 0.388 e. The summed E-state index contributed by atoms with van der Waals surface area (Å²) in [4.78, 5) is 0. The highest BCUT2D eigenvalue weighted by Crippen LogP contribution is 2.13. The van der Waals surface area contributed by atoms with Crippen molar-refractivity contribution in [3.63, 3.8) is 0 Å². The van der Waals surface area contributed by atoms with Crippen molar-refractivity contribution in [3.8, 4) is 0 Å². The van der Waals surface area contributed by atoms with Gasteiger partial charge in [0, 0.05) is 12.7 Å². The van der Waals surface area contributed by atoms with Crippen molar-refractivity contribution in [1.29, 1.82) is 0 Å². The van der Waals surface area contributed by atoms with Gasteiger partial charge in [0.05, 0.1) is 0 Å². The summed E-state index contributed by atoms with van der Waals surface area (Å²) < 4.78 is 0. The van der Waals surface area contributed by atoms with E-state index < -0.39 is 0 Å². The average molecular weight is 123 g/mol. The van der Waals surface area contributed by atoms with Crippen molar-refractivity contribution >= 4 is 0 Å². The summed E-state index contributed by atoms with van der Waals surface area (Å²) in [5.41, 5.74) is 2.74. The third-order valence-electron chi connectivity index (χ3n) is 1.59. The molecular formula is C8H13N. The van der Waals surface area contributed by atoms with E-state index in [4.69, 9.17) is 0 Å². The second-order valence-corrected chi connectivity index (χ2v) is 2.44. The summed E-state index contributed by atoms with van der Waals surface area (Å²) in [6.45, 7) is 2.17. The fraction of sp³-hybridized carbons (Fsp3) is 0.500. The van der Waals surface area contributed by atoms with E-state index in [0.29, 0.717) is 0 Å². The highest BCUT2D eigenvalue weighted by molar-refractivity contribution is 5.24. The Labute approximate surface area is 56.5 Å². The lowest BCUT2D eigenvalue weighted by molar-refractivity contribution is 0.898. The maximum atomic E-state index is 3.12. The first kappa shape index (κ1) is 6.40. The molecular weight excluding hydrogens is 110 g/mol. The van der Waals surface area contributed by atoms with Gasteiger partial charge in [-0.3, -0.25) is 0 Å². The van der Waals surface area contributed by atoms with E-state index in [0.717, 1.165) is 0 Å². The molecule has 0 saturated heterocycles. The van der Waals surface area contributed by atoms with Gasteiger partial charge >= 0.3 is 0 Å². The normalized spacial score (nSPS) is 18.4. The Morgan fingerprint density at radius 1 is 1.56 bits per heavy atom. The fourth-order valence-corrected chi connectivity index (χ4v) is 1.03. The average Bonchev–Trinajstić information content (AvgIpc) is 1.88. The summed E-state index contributed by atoms with van der Waals surface area (Å²) >= 11 is 0. The molecule has 0 spiro atoms. The van der Waals surface area contributed by atoms with Gasteiger partial charge < -0.3 is 5.32 Å². The van der Waals surface area contributed by atoms with Crippen molar-refractivity contribution in [3.05, 3.63) is 23.4 Å². The molecule has 1 N–H and O–H groups in total. The van der Waals surface area contributed by atoms with Gasteiger partial charge in [-0.25, -0.2) is 0 Å². The van der Waals surface area contributed by atoms with E-state index in [1.54, 1.807) is 0 Å². The highest BCUT2D eigenvalue weighted by Gasteiger charge is 1.97. The van der Waals surface area contributed by atoms with Crippen LogP contribution in [0.15, 0.2) is 23.4 Å². The summed E-state index contributed by atoms with van der Waals surface area (Å²) in [7, 11) is 1.96. The molecule has 1 rings (SSSR count). The number of nitrogens with one attached hydrogen (secondary N) is 1. The van der Waals surface area contributed by atoms with Crippen LogP contribution in [-0.4, -0.2) is 7.05 Å². The Hall–Kier alpha value is -0.720. The third kappa shape index (κ3) is 1.60. The zero-order valence-electron chi connectivity index (χ0n) is 6.07. The van der Waals surface area contributed by atoms with E-state index >= 15 is 0 Å². The van der Waals surface area contributed by atoms with Crippen LogP contribution in [0.3, 0.4) is 0 Å². The van der Waals surface area contributed by atoms with E-state index in [1.165, 1.54) is 24.1 Å². The minimum Gasteiger partial charge on any atom is -0.388 e. The number of likely N-dealkylation sites (N-methyl/N-ethyl adjacent to an activating group) is 1. The maximum absolute atomic E-state index is 3.12. The van der Waals surface area contributed by atoms with Crippen LogP contribution in [0.4, 0.5) is 0 Å². The fourth-order valence-electron chi connectivity index (χ4n) is 1.03. The predicted octanol–water partition coefficient (Wildman–Crippen LogP) is 1.83. The van der Waals surface area contributed by atoms with Crippen molar-refractivity contribution < 1.29 is 0 Å². The van der Waals surface area contributed by atoms with E-state index in [-0.39, 0.29) is 0 Å². The lowest BCUT2D eigenvalue weighted by atomic mass is 10.1. The quantitative estimate of drug-likeness (QED) is 0.561. The zero-order valence-corrected chi connectivity index (χ0v) is 6.07. The molecule has 0 atom stereocenters. The van der Waals surface area contributed by atoms with Crippen LogP contribution in [0, 0.1) is 0 Å². The van der Waals surface area contributed by atoms with Crippen LogP contribution in [0.25, 0.3) is 0 Å². The Morgan fingerprint density at radius 2 is 2.33 bits per heavy atom. The Balaban J connectivity index is 2.63. The number of hydrogen-bond acceptors (Lipinski definition) is 1. The van der Waals surface area contributed by atoms with Crippen LogP contribution < -0.4 is 5.32 Å². The van der Waals surface area contributed by atoms with Gasteiger partial charge in [-0.05, 0) is 25.8 Å². The van der Waals surface area contributed by atoms with E-state index in [1.807, 2.05) is 7.05 Å². The molecule has 0 radical (unpaired) electrons. The lowest BCUT2D eigenvalue weighted by Crippen LogP contribution is -2.05. The topological polar surface area (TPSA) is 12.0 Å². The van der Waals surface area contributed by atoms with Crippen molar-refractivity contribution in [1.82, 2.24) is 5.32 Å². The molecule has 1 heteroatoms. The molecule has 9 heavy (non-hydrogen) atoms. The summed E-state index contributed by atoms with van der Waals surface area (Å²) in [6, 6.07) is 0. The second-order valence-electron chi connectivity index (χ2n) is 2.44. The SMILES string of the molecule is CNC1=CCCC(C)=C1. The number of rotatable bonds is 1. The smallest absolute Gasteiger partial charge is 0.0296 e. The van der Waals surface area contributed by atoms with Crippen LogP contribution in [-0.2, 0) is 0 Å². The van der Waals surface area contributed by atoms with Gasteiger partial charge in [0.25, 0.3) is 0 Å². The van der Waals surface area contributed by atoms with Gasteiger partial charge in [-0.15, -0.1) is 0 Å². The Morgan fingerprint density at radius 3 is 2.78 bits per heavy atom. The summed E-state index contributed by atoms with van der Waals surface area (Å²) in [5.74, 6) is 0. The minimum absolute atomic E-state index is 1.19. The van der Waals surface area contributed by atoms with Crippen LogP contribution in [0.5, 0.6) is 0 Å². The molecule has 0 aromatic heterocycles. The van der Waals surface area contributed by atoms with Crippen molar-refractivity contribution in [2.24, 2.45) is 0 Å². The molecule has 0 aromatic carbocycles. The monoisotopic (exact) mass is 123 g/mol. The minimum atomic E-state index is 1.19. The number of allylic oxidation sites excluding steroid dienone is 3. The predicted molar refractivity (Wildman–Crippen MR) is 40.1 cm³/mol. The van der Waals surface area contributed by atoms with Crippen LogP contribution in [0.1, 0.15) is 19.8 Å². The van der Waals surface area contributed by atoms with Crippen molar-refractivity contribution in [2.75, 3.05) is 7.05 Å². The molecule has 0 amide bonds. The maximum Gasteiger partial charge on any atom is 0.0296 e. The molecule has 50 valence electrons. The molecule has 0 aliphatic heterocycles. The molecule has 1 aliphatic carbocycles. The molecule has 1 nitrogen and oxygen atoms in total. The van der Waals surface area contributed by atoms with Gasteiger partial charge in [-0.1, -0.05) is 11.6 Å². The third-order valence-corrected chi connectivity index (χ3v) is 1.59. The Kier molecular flexibility index (Phi) is 1.93. The first-order valence-electron chi connectivity index (χ1n) is 3.38. The molecule has 0 bridgehead atoms. The van der Waals surface area contributed by atoms with Gasteiger partial charge in [0.2, 0.25) is 0 Å². The van der Waals surface area contributed by atoms with Gasteiger partial charge in [0.1, 0.15) is 0 Å². The molecule has 0 heterocycles. The second kappa shape index (κ2) is 2.72. The zero-order chi connectivity index (χ0) is 6.69. The molecule has 0 saturated carbocycles. The van der Waals surface area contributed by atoms with Crippen LogP contribution >= 0.6 is 0 Å². The number of hydrogen-bond donors (Lipinski definition) is 1. The molecule has 0 unspecified atom stereocenters. The molecule has 0 fully saturated rings. The standard InChI is InChI=1S/C8H13N/c1-7-4-3-5-8(6-7)9-2/h5-6,9H,3-4H2,1-2H3. The highest BCUT2D eigenvalue weighted by atomic mass is 14.8. The van der Waals surface area contributed by atoms with E-state index in [9.17, 15) is 0 Å². The van der Waals surface area contributed by atoms with Crippen LogP contribution in [0.2, 0.25) is 0 Å². The lowest BCUT2D eigenvalue weighted by Gasteiger charge is -2.08. The molecule has 1 aliphatic rings. The van der Waals surface area contributed by atoms with E-state index in [2.05, 4.69) is 24.4 Å². The first-order chi connectivity index (χ1) is 4.33.